The minimum absolute atomic E-state index is 0.0983. The highest BCUT2D eigenvalue weighted by Gasteiger charge is 2.20. The first-order valence-electron chi connectivity index (χ1n) is 8.56. The summed E-state index contributed by atoms with van der Waals surface area (Å²) in [5.41, 5.74) is 3.20. The molecule has 3 aromatic rings. The number of hydrogen-bond acceptors (Lipinski definition) is 6. The Balaban J connectivity index is 1.43. The number of fused-ring (bicyclic) bond motifs is 1. The van der Waals surface area contributed by atoms with Crippen molar-refractivity contribution < 1.29 is 5.11 Å². The van der Waals surface area contributed by atoms with Gasteiger partial charge in [-0.05, 0) is 18.1 Å². The fraction of sp³-hybridized carbons (Fsp3) is 0.389. The van der Waals surface area contributed by atoms with Crippen LogP contribution in [0.1, 0.15) is 16.8 Å². The molecule has 130 valence electrons. The van der Waals surface area contributed by atoms with Crippen LogP contribution in [0.25, 0.3) is 5.78 Å². The van der Waals surface area contributed by atoms with Crippen LogP contribution >= 0.6 is 0 Å². The van der Waals surface area contributed by atoms with Gasteiger partial charge in [0.2, 0.25) is 0 Å². The molecule has 7 nitrogen and oxygen atoms in total. The summed E-state index contributed by atoms with van der Waals surface area (Å²) in [5.74, 6) is 1.72. The molecule has 1 aromatic carbocycles. The second-order valence-electron chi connectivity index (χ2n) is 6.47. The Morgan fingerprint density at radius 1 is 1.04 bits per heavy atom. The van der Waals surface area contributed by atoms with E-state index in [1.165, 1.54) is 5.56 Å². The van der Waals surface area contributed by atoms with Crippen LogP contribution in [0.15, 0.2) is 36.7 Å². The molecule has 4 rings (SSSR count). The third kappa shape index (κ3) is 3.33. The molecule has 0 atom stereocenters. The van der Waals surface area contributed by atoms with E-state index in [0.29, 0.717) is 5.78 Å². The molecule has 1 fully saturated rings. The smallest absolute Gasteiger partial charge is 0.254 e. The number of aliphatic hydroxyl groups excluding tert-OH is 1. The highest BCUT2D eigenvalue weighted by Crippen LogP contribution is 2.18. The second kappa shape index (κ2) is 6.78. The molecule has 3 heterocycles. The molecule has 1 N–H and O–H groups in total. The minimum Gasteiger partial charge on any atom is -0.392 e. The van der Waals surface area contributed by atoms with Gasteiger partial charge in [-0.3, -0.25) is 4.90 Å². The van der Waals surface area contributed by atoms with E-state index in [9.17, 15) is 0 Å². The van der Waals surface area contributed by atoms with Crippen molar-refractivity contribution in [2.24, 2.45) is 0 Å². The number of aliphatic hydroxyl groups is 1. The summed E-state index contributed by atoms with van der Waals surface area (Å²) in [6, 6.07) is 10.3. The van der Waals surface area contributed by atoms with Gasteiger partial charge in [-0.1, -0.05) is 24.3 Å². The Hall–Kier alpha value is -2.51. The molecule has 2 aromatic heterocycles. The van der Waals surface area contributed by atoms with Crippen LogP contribution in [0.4, 0.5) is 5.82 Å². The van der Waals surface area contributed by atoms with Crippen LogP contribution in [0, 0.1) is 6.92 Å². The van der Waals surface area contributed by atoms with Gasteiger partial charge in [-0.25, -0.2) is 4.98 Å². The predicted molar refractivity (Wildman–Crippen MR) is 95.4 cm³/mol. The van der Waals surface area contributed by atoms with Crippen LogP contribution in [-0.4, -0.2) is 55.8 Å². The summed E-state index contributed by atoms with van der Waals surface area (Å²) >= 11 is 0. The van der Waals surface area contributed by atoms with Crippen molar-refractivity contribution in [2.75, 3.05) is 31.1 Å². The van der Waals surface area contributed by atoms with Crippen LogP contribution in [0.5, 0.6) is 0 Å². The second-order valence-corrected chi connectivity index (χ2v) is 6.47. The van der Waals surface area contributed by atoms with Gasteiger partial charge in [0.15, 0.2) is 0 Å². The van der Waals surface area contributed by atoms with E-state index < -0.39 is 0 Å². The standard InChI is InChI=1S/C18H22N6O/c1-14-10-17(24-18(21-14)19-13-20-24)23-8-6-22(7-9-23)11-15-2-4-16(12-25)5-3-15/h2-5,10,13,25H,6-9,11-12H2,1H3. The van der Waals surface area contributed by atoms with Gasteiger partial charge in [-0.2, -0.15) is 14.6 Å². The maximum absolute atomic E-state index is 9.13. The zero-order valence-electron chi connectivity index (χ0n) is 14.3. The molecule has 1 aliphatic rings. The lowest BCUT2D eigenvalue weighted by Gasteiger charge is -2.36. The van der Waals surface area contributed by atoms with Crippen molar-refractivity contribution in [1.82, 2.24) is 24.5 Å². The molecule has 1 saturated heterocycles. The number of hydrogen-bond donors (Lipinski definition) is 1. The molecule has 0 spiro atoms. The van der Waals surface area contributed by atoms with E-state index >= 15 is 0 Å². The van der Waals surface area contributed by atoms with Crippen molar-refractivity contribution in [1.29, 1.82) is 0 Å². The van der Waals surface area contributed by atoms with Gasteiger partial charge < -0.3 is 10.0 Å². The highest BCUT2D eigenvalue weighted by atomic mass is 16.3. The zero-order chi connectivity index (χ0) is 17.2. The van der Waals surface area contributed by atoms with Gasteiger partial charge in [0.05, 0.1) is 6.61 Å². The normalized spacial score (nSPS) is 15.8. The first-order chi connectivity index (χ1) is 12.2. The van der Waals surface area contributed by atoms with Gasteiger partial charge in [0.25, 0.3) is 5.78 Å². The van der Waals surface area contributed by atoms with Crippen molar-refractivity contribution in [3.8, 4) is 0 Å². The quantitative estimate of drug-likeness (QED) is 0.772. The first kappa shape index (κ1) is 16.0. The van der Waals surface area contributed by atoms with Crippen LogP contribution in [0.2, 0.25) is 0 Å². The Kier molecular flexibility index (Phi) is 4.33. The fourth-order valence-electron chi connectivity index (χ4n) is 3.28. The maximum atomic E-state index is 9.13. The van der Waals surface area contributed by atoms with Crippen molar-refractivity contribution >= 4 is 11.6 Å². The highest BCUT2D eigenvalue weighted by molar-refractivity contribution is 5.47. The van der Waals surface area contributed by atoms with E-state index in [1.54, 1.807) is 6.33 Å². The topological polar surface area (TPSA) is 69.8 Å². The van der Waals surface area contributed by atoms with Crippen molar-refractivity contribution in [3.05, 3.63) is 53.5 Å². The minimum atomic E-state index is 0.0983. The lowest BCUT2D eigenvalue weighted by molar-refractivity contribution is 0.248. The summed E-state index contributed by atoms with van der Waals surface area (Å²) in [4.78, 5) is 13.4. The summed E-state index contributed by atoms with van der Waals surface area (Å²) in [7, 11) is 0. The van der Waals surface area contributed by atoms with E-state index in [4.69, 9.17) is 5.11 Å². The molecule has 7 heteroatoms. The summed E-state index contributed by atoms with van der Waals surface area (Å²) in [6.45, 7) is 6.93. The molecule has 1 aliphatic heterocycles. The maximum Gasteiger partial charge on any atom is 0.254 e. The number of piperazine rings is 1. The summed E-state index contributed by atoms with van der Waals surface area (Å²) < 4.78 is 1.82. The Labute approximate surface area is 146 Å². The molecule has 25 heavy (non-hydrogen) atoms. The van der Waals surface area contributed by atoms with Gasteiger partial charge >= 0.3 is 0 Å². The number of aromatic nitrogens is 4. The largest absolute Gasteiger partial charge is 0.392 e. The van der Waals surface area contributed by atoms with E-state index in [-0.39, 0.29) is 6.61 Å². The Bertz CT molecular complexity index is 852. The number of benzene rings is 1. The lowest BCUT2D eigenvalue weighted by Crippen LogP contribution is -2.46. The molecule has 0 aliphatic carbocycles. The van der Waals surface area contributed by atoms with Crippen LogP contribution in [-0.2, 0) is 13.2 Å². The average Bonchev–Trinajstić information content (AvgIpc) is 3.11. The SMILES string of the molecule is Cc1cc(N2CCN(Cc3ccc(CO)cc3)CC2)n2ncnc2n1. The number of anilines is 1. The van der Waals surface area contributed by atoms with E-state index in [1.807, 2.05) is 23.6 Å². The van der Waals surface area contributed by atoms with Crippen molar-refractivity contribution in [2.45, 2.75) is 20.1 Å². The molecular weight excluding hydrogens is 316 g/mol. The van der Waals surface area contributed by atoms with Gasteiger partial charge in [0, 0.05) is 44.5 Å². The molecule has 0 unspecified atom stereocenters. The fourth-order valence-corrected chi connectivity index (χ4v) is 3.28. The monoisotopic (exact) mass is 338 g/mol. The average molecular weight is 338 g/mol. The molecular formula is C18H22N6O. The third-order valence-electron chi connectivity index (χ3n) is 4.67. The van der Waals surface area contributed by atoms with Gasteiger partial charge in [-0.15, -0.1) is 0 Å². The Morgan fingerprint density at radius 2 is 1.76 bits per heavy atom. The Morgan fingerprint density at radius 3 is 2.48 bits per heavy atom. The zero-order valence-corrected chi connectivity index (χ0v) is 14.3. The molecule has 0 saturated carbocycles. The summed E-state index contributed by atoms with van der Waals surface area (Å²) in [5, 5.41) is 13.4. The van der Waals surface area contributed by atoms with Crippen molar-refractivity contribution in [3.63, 3.8) is 0 Å². The van der Waals surface area contributed by atoms with Crippen LogP contribution < -0.4 is 4.90 Å². The van der Waals surface area contributed by atoms with Crippen LogP contribution in [0.3, 0.4) is 0 Å². The predicted octanol–water partition coefficient (Wildman–Crippen LogP) is 1.25. The van der Waals surface area contributed by atoms with Gasteiger partial charge in [0.1, 0.15) is 12.1 Å². The third-order valence-corrected chi connectivity index (χ3v) is 4.67. The van der Waals surface area contributed by atoms with E-state index in [2.05, 4.69) is 43.1 Å². The summed E-state index contributed by atoms with van der Waals surface area (Å²) in [6.07, 6.45) is 1.55. The number of aryl methyl sites for hydroxylation is 1. The molecule has 0 amide bonds. The first-order valence-corrected chi connectivity index (χ1v) is 8.56. The molecule has 0 radical (unpaired) electrons. The number of rotatable bonds is 4. The number of nitrogens with zero attached hydrogens (tertiary/aromatic N) is 6. The van der Waals surface area contributed by atoms with E-state index in [0.717, 1.165) is 49.8 Å². The molecule has 0 bridgehead atoms. The lowest BCUT2D eigenvalue weighted by atomic mass is 10.1.